The summed E-state index contributed by atoms with van der Waals surface area (Å²) in [4.78, 5) is 4.61. The highest BCUT2D eigenvalue weighted by molar-refractivity contribution is 14.0. The van der Waals surface area contributed by atoms with Gasteiger partial charge >= 0.3 is 0 Å². The SMILES string of the molecule is CCNC(=NCc1nncn1C)NCC(C)(C)c1ccc(CC)cc1.I. The van der Waals surface area contributed by atoms with Crippen LogP contribution in [0, 0.1) is 0 Å². The van der Waals surface area contributed by atoms with Crippen molar-refractivity contribution in [3.05, 3.63) is 47.5 Å². The molecule has 2 rings (SSSR count). The molecule has 0 atom stereocenters. The number of guanidine groups is 1. The number of hydrogen-bond donors (Lipinski definition) is 2. The molecule has 144 valence electrons. The van der Waals surface area contributed by atoms with Gasteiger partial charge in [-0.15, -0.1) is 34.2 Å². The summed E-state index contributed by atoms with van der Waals surface area (Å²) in [6, 6.07) is 8.88. The zero-order chi connectivity index (χ0) is 18.3. The lowest BCUT2D eigenvalue weighted by Gasteiger charge is -2.27. The van der Waals surface area contributed by atoms with Gasteiger partial charge in [0.15, 0.2) is 11.8 Å². The van der Waals surface area contributed by atoms with Crippen LogP contribution in [0.3, 0.4) is 0 Å². The summed E-state index contributed by atoms with van der Waals surface area (Å²) >= 11 is 0. The molecular formula is C19H31IN6. The third-order valence-electron chi connectivity index (χ3n) is 4.37. The van der Waals surface area contributed by atoms with Gasteiger partial charge in [0.1, 0.15) is 12.9 Å². The van der Waals surface area contributed by atoms with E-state index in [1.54, 1.807) is 6.33 Å². The smallest absolute Gasteiger partial charge is 0.191 e. The van der Waals surface area contributed by atoms with E-state index in [1.807, 2.05) is 11.6 Å². The molecule has 0 aliphatic heterocycles. The minimum absolute atomic E-state index is 0. The molecule has 1 heterocycles. The molecule has 0 aliphatic rings. The number of nitrogens with zero attached hydrogens (tertiary/aromatic N) is 4. The van der Waals surface area contributed by atoms with Crippen LogP contribution in [0.25, 0.3) is 0 Å². The van der Waals surface area contributed by atoms with Crippen LogP contribution in [0.15, 0.2) is 35.6 Å². The zero-order valence-corrected chi connectivity index (χ0v) is 18.7. The summed E-state index contributed by atoms with van der Waals surface area (Å²) in [5.74, 6) is 1.63. The van der Waals surface area contributed by atoms with E-state index in [-0.39, 0.29) is 29.4 Å². The summed E-state index contributed by atoms with van der Waals surface area (Å²) in [7, 11) is 1.92. The molecule has 0 saturated carbocycles. The van der Waals surface area contributed by atoms with Gasteiger partial charge < -0.3 is 15.2 Å². The van der Waals surface area contributed by atoms with E-state index in [0.29, 0.717) is 6.54 Å². The van der Waals surface area contributed by atoms with Gasteiger partial charge in [-0.2, -0.15) is 0 Å². The molecular weight excluding hydrogens is 439 g/mol. The van der Waals surface area contributed by atoms with E-state index in [4.69, 9.17) is 0 Å². The third-order valence-corrected chi connectivity index (χ3v) is 4.37. The van der Waals surface area contributed by atoms with E-state index in [1.165, 1.54) is 11.1 Å². The maximum absolute atomic E-state index is 4.61. The standard InChI is InChI=1S/C19H30N6.HI/c1-6-15-8-10-16(11-9-15)19(3,4)13-22-18(20-7-2)21-12-17-24-23-14-25(17)5;/h8-11,14H,6-7,12-13H2,1-5H3,(H2,20,21,22);1H. The van der Waals surface area contributed by atoms with Gasteiger partial charge in [-0.3, -0.25) is 0 Å². The lowest BCUT2D eigenvalue weighted by molar-refractivity contribution is 0.508. The van der Waals surface area contributed by atoms with Gasteiger partial charge in [0, 0.05) is 25.6 Å². The fourth-order valence-corrected chi connectivity index (χ4v) is 2.54. The summed E-state index contributed by atoms with van der Waals surface area (Å²) in [5, 5.41) is 14.7. The van der Waals surface area contributed by atoms with Crippen molar-refractivity contribution in [2.45, 2.75) is 46.1 Å². The van der Waals surface area contributed by atoms with E-state index < -0.39 is 0 Å². The van der Waals surface area contributed by atoms with Crippen LogP contribution >= 0.6 is 24.0 Å². The van der Waals surface area contributed by atoms with Gasteiger partial charge in [-0.25, -0.2) is 4.99 Å². The quantitative estimate of drug-likeness (QED) is 0.371. The average Bonchev–Trinajstić information content (AvgIpc) is 3.02. The predicted molar refractivity (Wildman–Crippen MR) is 118 cm³/mol. The summed E-state index contributed by atoms with van der Waals surface area (Å²) < 4.78 is 1.88. The van der Waals surface area contributed by atoms with Crippen LogP contribution < -0.4 is 10.6 Å². The molecule has 0 unspecified atom stereocenters. The Labute approximate surface area is 173 Å². The molecule has 0 radical (unpaired) electrons. The third kappa shape index (κ3) is 6.26. The van der Waals surface area contributed by atoms with Crippen LogP contribution in [0.4, 0.5) is 0 Å². The molecule has 0 saturated heterocycles. The van der Waals surface area contributed by atoms with Gasteiger partial charge in [0.25, 0.3) is 0 Å². The number of aliphatic imine (C=N–C) groups is 1. The maximum atomic E-state index is 4.61. The molecule has 0 amide bonds. The Morgan fingerprint density at radius 3 is 2.38 bits per heavy atom. The number of hydrogen-bond acceptors (Lipinski definition) is 3. The molecule has 2 N–H and O–H groups in total. The van der Waals surface area contributed by atoms with E-state index >= 15 is 0 Å². The van der Waals surface area contributed by atoms with Gasteiger partial charge in [-0.1, -0.05) is 45.0 Å². The highest BCUT2D eigenvalue weighted by Crippen LogP contribution is 2.22. The van der Waals surface area contributed by atoms with E-state index in [2.05, 4.69) is 77.8 Å². The molecule has 0 fully saturated rings. The van der Waals surface area contributed by atoms with Crippen molar-refractivity contribution in [3.8, 4) is 0 Å². The highest BCUT2D eigenvalue weighted by Gasteiger charge is 2.20. The Morgan fingerprint density at radius 1 is 1.15 bits per heavy atom. The average molecular weight is 470 g/mol. The number of halogens is 1. The number of benzene rings is 1. The minimum atomic E-state index is 0. The lowest BCUT2D eigenvalue weighted by atomic mass is 9.84. The van der Waals surface area contributed by atoms with Crippen LogP contribution in [0.1, 0.15) is 44.6 Å². The maximum Gasteiger partial charge on any atom is 0.191 e. The van der Waals surface area contributed by atoms with Gasteiger partial charge in [0.05, 0.1) is 0 Å². The van der Waals surface area contributed by atoms with Crippen molar-refractivity contribution < 1.29 is 0 Å². The largest absolute Gasteiger partial charge is 0.357 e. The van der Waals surface area contributed by atoms with Crippen molar-refractivity contribution >= 4 is 29.9 Å². The fraction of sp³-hybridized carbons (Fsp3) is 0.526. The first-order valence-electron chi connectivity index (χ1n) is 8.90. The molecule has 26 heavy (non-hydrogen) atoms. The Kier molecular flexibility index (Phi) is 9.04. The Hall–Kier alpha value is -1.64. The first-order chi connectivity index (χ1) is 12.0. The second-order valence-electron chi connectivity index (χ2n) is 6.84. The lowest BCUT2D eigenvalue weighted by Crippen LogP contribution is -2.43. The molecule has 0 bridgehead atoms. The second-order valence-corrected chi connectivity index (χ2v) is 6.84. The predicted octanol–water partition coefficient (Wildman–Crippen LogP) is 3.03. The van der Waals surface area contributed by atoms with Crippen LogP contribution in [-0.2, 0) is 25.4 Å². The minimum Gasteiger partial charge on any atom is -0.357 e. The number of rotatable bonds is 7. The number of nitrogens with one attached hydrogen (secondary N) is 2. The summed E-state index contributed by atoms with van der Waals surface area (Å²) in [5.41, 5.74) is 2.69. The van der Waals surface area contributed by atoms with Crippen molar-refractivity contribution in [1.82, 2.24) is 25.4 Å². The van der Waals surface area contributed by atoms with Crippen molar-refractivity contribution in [1.29, 1.82) is 0 Å². The van der Waals surface area contributed by atoms with E-state index in [0.717, 1.165) is 31.3 Å². The molecule has 1 aromatic heterocycles. The normalized spacial score (nSPS) is 11.8. The Bertz CT molecular complexity index is 690. The molecule has 0 aliphatic carbocycles. The number of aromatic nitrogens is 3. The zero-order valence-electron chi connectivity index (χ0n) is 16.4. The van der Waals surface area contributed by atoms with Crippen molar-refractivity contribution in [2.24, 2.45) is 12.0 Å². The van der Waals surface area contributed by atoms with Crippen LogP contribution in [-0.4, -0.2) is 33.8 Å². The highest BCUT2D eigenvalue weighted by atomic mass is 127. The van der Waals surface area contributed by atoms with Crippen LogP contribution in [0.2, 0.25) is 0 Å². The monoisotopic (exact) mass is 470 g/mol. The van der Waals surface area contributed by atoms with Crippen LogP contribution in [0.5, 0.6) is 0 Å². The van der Waals surface area contributed by atoms with Crippen molar-refractivity contribution in [2.75, 3.05) is 13.1 Å². The van der Waals surface area contributed by atoms with Gasteiger partial charge in [-0.05, 0) is 24.5 Å². The molecule has 7 heteroatoms. The molecule has 6 nitrogen and oxygen atoms in total. The van der Waals surface area contributed by atoms with Crippen molar-refractivity contribution in [3.63, 3.8) is 0 Å². The first-order valence-corrected chi connectivity index (χ1v) is 8.90. The molecule has 0 spiro atoms. The Balaban J connectivity index is 0.00000338. The molecule has 1 aromatic carbocycles. The fourth-order valence-electron chi connectivity index (χ4n) is 2.54. The van der Waals surface area contributed by atoms with E-state index in [9.17, 15) is 0 Å². The second kappa shape index (κ2) is 10.5. The molecule has 2 aromatic rings. The summed E-state index contributed by atoms with van der Waals surface area (Å²) in [6.45, 7) is 10.8. The topological polar surface area (TPSA) is 67.1 Å². The number of aryl methyl sites for hydroxylation is 2. The first kappa shape index (κ1) is 22.4. The summed E-state index contributed by atoms with van der Waals surface area (Å²) in [6.07, 6.45) is 2.76. The Morgan fingerprint density at radius 2 is 1.85 bits per heavy atom. The van der Waals surface area contributed by atoms with Gasteiger partial charge in [0.2, 0.25) is 0 Å².